The highest BCUT2D eigenvalue weighted by Crippen LogP contribution is 2.25. The Labute approximate surface area is 178 Å². The van der Waals surface area contributed by atoms with Crippen LogP contribution < -0.4 is 5.32 Å². The Morgan fingerprint density at radius 2 is 1.83 bits per heavy atom. The van der Waals surface area contributed by atoms with E-state index in [0.717, 1.165) is 42.3 Å². The summed E-state index contributed by atoms with van der Waals surface area (Å²) in [7, 11) is 0. The normalized spacial score (nSPS) is 15.8. The summed E-state index contributed by atoms with van der Waals surface area (Å²) < 4.78 is 7.91. The summed E-state index contributed by atoms with van der Waals surface area (Å²) in [5, 5.41) is 3.18. The highest BCUT2D eigenvalue weighted by molar-refractivity contribution is 5.95. The number of benzene rings is 1. The van der Waals surface area contributed by atoms with Crippen LogP contribution in [0.3, 0.4) is 0 Å². The molecule has 1 unspecified atom stereocenters. The summed E-state index contributed by atoms with van der Waals surface area (Å²) in [5.74, 6) is 0.905. The summed E-state index contributed by atoms with van der Waals surface area (Å²) in [5.41, 5.74) is 4.08. The predicted octanol–water partition coefficient (Wildman–Crippen LogP) is 4.70. The maximum Gasteiger partial charge on any atom is 0.253 e. The fourth-order valence-corrected chi connectivity index (χ4v) is 4.45. The van der Waals surface area contributed by atoms with E-state index in [1.807, 2.05) is 43.3 Å². The number of carbonyl (C=O) groups is 1. The highest BCUT2D eigenvalue weighted by Gasteiger charge is 2.25. The molecule has 0 aliphatic carbocycles. The van der Waals surface area contributed by atoms with Crippen molar-refractivity contribution in [1.29, 1.82) is 0 Å². The fraction of sp³-hybridized carbons (Fsp3) is 0.400. The van der Waals surface area contributed by atoms with Crippen LogP contribution in [0.15, 0.2) is 59.2 Å². The second kappa shape index (κ2) is 9.35. The Kier molecular flexibility index (Phi) is 6.38. The molecular weight excluding hydrogens is 374 g/mol. The minimum absolute atomic E-state index is 0.0176. The van der Waals surface area contributed by atoms with Crippen molar-refractivity contribution in [1.82, 2.24) is 14.8 Å². The minimum Gasteiger partial charge on any atom is -0.468 e. The van der Waals surface area contributed by atoms with Crippen molar-refractivity contribution in [2.75, 3.05) is 19.6 Å². The Morgan fingerprint density at radius 3 is 2.53 bits per heavy atom. The van der Waals surface area contributed by atoms with Crippen molar-refractivity contribution >= 4 is 5.91 Å². The number of nitrogens with zero attached hydrogens (tertiary/aromatic N) is 2. The lowest BCUT2D eigenvalue weighted by atomic mass is 10.1. The van der Waals surface area contributed by atoms with Crippen LogP contribution >= 0.6 is 0 Å². The van der Waals surface area contributed by atoms with Crippen LogP contribution in [0.4, 0.5) is 0 Å². The molecule has 5 nitrogen and oxygen atoms in total. The Morgan fingerprint density at radius 1 is 1.07 bits per heavy atom. The van der Waals surface area contributed by atoms with Crippen molar-refractivity contribution < 1.29 is 9.21 Å². The lowest BCUT2D eigenvalue weighted by Gasteiger charge is -2.33. The lowest BCUT2D eigenvalue weighted by Crippen LogP contribution is -2.40. The van der Waals surface area contributed by atoms with Crippen LogP contribution in [-0.4, -0.2) is 35.0 Å². The van der Waals surface area contributed by atoms with Crippen LogP contribution in [0, 0.1) is 13.8 Å². The summed E-state index contributed by atoms with van der Waals surface area (Å²) in [6, 6.07) is 16.4. The molecule has 4 rings (SSSR count). The van der Waals surface area contributed by atoms with Gasteiger partial charge in [0.1, 0.15) is 5.76 Å². The van der Waals surface area contributed by atoms with Gasteiger partial charge in [-0.05, 0) is 63.5 Å². The summed E-state index contributed by atoms with van der Waals surface area (Å²) in [4.78, 5) is 15.5. The van der Waals surface area contributed by atoms with Gasteiger partial charge in [-0.3, -0.25) is 9.69 Å². The van der Waals surface area contributed by atoms with Crippen molar-refractivity contribution in [3.8, 4) is 0 Å². The molecule has 1 aromatic carbocycles. The number of aromatic nitrogens is 1. The van der Waals surface area contributed by atoms with Crippen LogP contribution in [-0.2, 0) is 6.54 Å². The zero-order chi connectivity index (χ0) is 20.9. The number of rotatable bonds is 7. The van der Waals surface area contributed by atoms with Gasteiger partial charge in [-0.1, -0.05) is 36.8 Å². The van der Waals surface area contributed by atoms with Crippen LogP contribution in [0.25, 0.3) is 0 Å². The first kappa shape index (κ1) is 20.5. The first-order chi connectivity index (χ1) is 14.6. The molecule has 30 heavy (non-hydrogen) atoms. The largest absolute Gasteiger partial charge is 0.468 e. The number of hydrogen-bond acceptors (Lipinski definition) is 3. The smallest absolute Gasteiger partial charge is 0.253 e. The summed E-state index contributed by atoms with van der Waals surface area (Å²) in [6.45, 7) is 7.51. The van der Waals surface area contributed by atoms with Gasteiger partial charge in [0.15, 0.2) is 0 Å². The number of piperidine rings is 1. The van der Waals surface area contributed by atoms with Crippen LogP contribution in [0.5, 0.6) is 0 Å². The van der Waals surface area contributed by atoms with Gasteiger partial charge >= 0.3 is 0 Å². The molecule has 2 aromatic heterocycles. The Balaban J connectivity index is 1.47. The maximum atomic E-state index is 13.1. The third kappa shape index (κ3) is 4.51. The van der Waals surface area contributed by atoms with Gasteiger partial charge in [0.05, 0.1) is 17.9 Å². The molecule has 1 aliphatic heterocycles. The minimum atomic E-state index is -0.0176. The third-order valence-corrected chi connectivity index (χ3v) is 6.16. The molecule has 1 amide bonds. The number of amides is 1. The van der Waals surface area contributed by atoms with E-state index in [-0.39, 0.29) is 11.9 Å². The molecule has 3 aromatic rings. The van der Waals surface area contributed by atoms with E-state index in [2.05, 4.69) is 33.8 Å². The summed E-state index contributed by atoms with van der Waals surface area (Å²) in [6.07, 6.45) is 5.39. The molecule has 5 heteroatoms. The average Bonchev–Trinajstić information content (AvgIpc) is 3.40. The second-order valence-electron chi connectivity index (χ2n) is 8.19. The van der Waals surface area contributed by atoms with Gasteiger partial charge in [0.25, 0.3) is 5.91 Å². The molecule has 158 valence electrons. The number of likely N-dealkylation sites (tertiary alicyclic amines) is 1. The quantitative estimate of drug-likeness (QED) is 0.620. The summed E-state index contributed by atoms with van der Waals surface area (Å²) >= 11 is 0. The van der Waals surface area contributed by atoms with Crippen molar-refractivity contribution in [2.24, 2.45) is 0 Å². The number of carbonyl (C=O) groups excluding carboxylic acids is 1. The average molecular weight is 406 g/mol. The van der Waals surface area contributed by atoms with Gasteiger partial charge < -0.3 is 14.3 Å². The molecule has 0 radical (unpaired) electrons. The van der Waals surface area contributed by atoms with E-state index in [1.54, 1.807) is 6.26 Å². The number of furan rings is 1. The SMILES string of the molecule is Cc1cc(C(=O)NCC(c2ccco2)N2CCCCC2)c(C)n1Cc1ccccc1. The molecule has 0 bridgehead atoms. The molecular formula is C25H31N3O2. The first-order valence-corrected chi connectivity index (χ1v) is 10.9. The molecule has 1 aliphatic rings. The van der Waals surface area contributed by atoms with Crippen molar-refractivity contribution in [3.63, 3.8) is 0 Å². The van der Waals surface area contributed by atoms with Gasteiger partial charge in [-0.25, -0.2) is 0 Å². The molecule has 1 N–H and O–H groups in total. The molecule has 0 spiro atoms. The first-order valence-electron chi connectivity index (χ1n) is 10.9. The number of nitrogens with one attached hydrogen (secondary N) is 1. The Hall–Kier alpha value is -2.79. The molecule has 1 saturated heterocycles. The van der Waals surface area contributed by atoms with Gasteiger partial charge in [0, 0.05) is 24.5 Å². The van der Waals surface area contributed by atoms with E-state index >= 15 is 0 Å². The fourth-order valence-electron chi connectivity index (χ4n) is 4.45. The monoisotopic (exact) mass is 405 g/mol. The van der Waals surface area contributed by atoms with E-state index in [1.165, 1.54) is 24.8 Å². The second-order valence-corrected chi connectivity index (χ2v) is 8.19. The number of aryl methyl sites for hydroxylation is 1. The van der Waals surface area contributed by atoms with Crippen LogP contribution in [0.2, 0.25) is 0 Å². The zero-order valence-corrected chi connectivity index (χ0v) is 17.9. The van der Waals surface area contributed by atoms with Crippen molar-refractivity contribution in [2.45, 2.75) is 45.7 Å². The van der Waals surface area contributed by atoms with Gasteiger partial charge in [0.2, 0.25) is 0 Å². The van der Waals surface area contributed by atoms with Crippen LogP contribution in [0.1, 0.15) is 58.4 Å². The van der Waals surface area contributed by atoms with E-state index in [0.29, 0.717) is 6.54 Å². The third-order valence-electron chi connectivity index (χ3n) is 6.16. The predicted molar refractivity (Wildman–Crippen MR) is 119 cm³/mol. The molecule has 1 atom stereocenters. The van der Waals surface area contributed by atoms with E-state index < -0.39 is 0 Å². The standard InChI is InChI=1S/C25H31N3O2/c1-19-16-22(20(2)28(19)18-21-10-5-3-6-11-21)25(29)26-17-23(24-12-9-15-30-24)27-13-7-4-8-14-27/h3,5-6,9-12,15-16,23H,4,7-8,13-14,17-18H2,1-2H3,(H,26,29). The van der Waals surface area contributed by atoms with E-state index in [4.69, 9.17) is 4.42 Å². The highest BCUT2D eigenvalue weighted by atomic mass is 16.3. The van der Waals surface area contributed by atoms with Crippen molar-refractivity contribution in [3.05, 3.63) is 83.1 Å². The topological polar surface area (TPSA) is 50.4 Å². The van der Waals surface area contributed by atoms with E-state index in [9.17, 15) is 4.79 Å². The molecule has 0 saturated carbocycles. The Bertz CT molecular complexity index is 954. The van der Waals surface area contributed by atoms with Gasteiger partial charge in [-0.15, -0.1) is 0 Å². The lowest BCUT2D eigenvalue weighted by molar-refractivity contribution is 0.0913. The zero-order valence-electron chi connectivity index (χ0n) is 17.9. The molecule has 3 heterocycles. The van der Waals surface area contributed by atoms with Gasteiger partial charge in [-0.2, -0.15) is 0 Å². The number of hydrogen-bond donors (Lipinski definition) is 1. The maximum absolute atomic E-state index is 13.1. The molecule has 1 fully saturated rings.